The van der Waals surface area contributed by atoms with Crippen LogP contribution in [-0.2, 0) is 88.2 Å². The second kappa shape index (κ2) is 31.4. The van der Waals surface area contributed by atoms with Crippen molar-refractivity contribution in [3.63, 3.8) is 0 Å². The molecule has 0 aromatic heterocycles. The van der Waals surface area contributed by atoms with E-state index in [4.69, 9.17) is 30.6 Å². The van der Waals surface area contributed by atoms with Crippen LogP contribution in [0.25, 0.3) is 0 Å². The van der Waals surface area contributed by atoms with Crippen molar-refractivity contribution >= 4 is 23.9 Å². The van der Waals surface area contributed by atoms with Crippen LogP contribution in [0.5, 0.6) is 23.0 Å². The molecule has 0 amide bonds. The van der Waals surface area contributed by atoms with Gasteiger partial charge in [0.05, 0.1) is 13.2 Å². The van der Waals surface area contributed by atoms with Crippen LogP contribution in [0.4, 0.5) is 0 Å². The Balaban J connectivity index is 0.00000109. The van der Waals surface area contributed by atoms with Gasteiger partial charge in [-0.1, -0.05) is 229 Å². The Morgan fingerprint density at radius 2 is 0.379 bits per heavy atom. The van der Waals surface area contributed by atoms with Crippen molar-refractivity contribution < 1.29 is 70.2 Å². The summed E-state index contributed by atoms with van der Waals surface area (Å²) in [5.41, 5.74) is 9.20. The zero-order chi connectivity index (χ0) is 68.8. The molecule has 4 aromatic rings. The monoisotopic (exact) mass is 1220 g/mol. The van der Waals surface area contributed by atoms with Crippen LogP contribution in [0.3, 0.4) is 0 Å². The van der Waals surface area contributed by atoms with Crippen molar-refractivity contribution in [2.45, 2.75) is 275 Å². The molecule has 0 radical (unpaired) electrons. The number of benzene rings is 4. The lowest BCUT2D eigenvalue weighted by Crippen LogP contribution is -2.20. The minimum absolute atomic E-state index is 0.0451. The molecule has 14 nitrogen and oxygen atoms in total. The van der Waals surface area contributed by atoms with Gasteiger partial charge >= 0.3 is 23.9 Å². The molecule has 0 bridgehead atoms. The second-order valence-corrected chi connectivity index (χ2v) is 32.2. The van der Waals surface area contributed by atoms with E-state index >= 15 is 0 Å². The zero-order valence-electron chi connectivity index (χ0n) is 58.3. The van der Waals surface area contributed by atoms with E-state index in [1.807, 2.05) is 48.5 Å². The predicted molar refractivity (Wildman–Crippen MR) is 354 cm³/mol. The third-order valence-corrected chi connectivity index (χ3v) is 14.5. The normalized spacial score (nSPS) is 12.5. The van der Waals surface area contributed by atoms with Crippen molar-refractivity contribution in [2.75, 3.05) is 13.2 Å². The van der Waals surface area contributed by atoms with Gasteiger partial charge in [-0.25, -0.2) is 0 Å². The molecule has 0 aliphatic rings. The second-order valence-electron chi connectivity index (χ2n) is 32.2. The number of aliphatic carboxylic acids is 4. The number of rotatable bonds is 14. The zero-order valence-corrected chi connectivity index (χ0v) is 58.3. The molecule has 0 unspecified atom stereocenters. The van der Waals surface area contributed by atoms with Gasteiger partial charge in [0.15, 0.2) is 0 Å². The van der Waals surface area contributed by atoms with E-state index in [-0.39, 0.29) is 87.6 Å². The summed E-state index contributed by atoms with van der Waals surface area (Å²) in [7, 11) is 0. The first kappa shape index (κ1) is 80.9. The van der Waals surface area contributed by atoms with Crippen molar-refractivity contribution in [1.82, 2.24) is 0 Å². The van der Waals surface area contributed by atoms with E-state index in [1.54, 1.807) is 13.8 Å². The van der Waals surface area contributed by atoms with E-state index in [1.165, 1.54) is 0 Å². The molecule has 0 saturated heterocycles. The Morgan fingerprint density at radius 3 is 0.448 bits per heavy atom. The maximum absolute atomic E-state index is 10.8. The quantitative estimate of drug-likeness (QED) is 0.0563. The topological polar surface area (TPSA) is 271 Å². The van der Waals surface area contributed by atoms with Crippen LogP contribution in [0.15, 0.2) is 48.5 Å². The molecular formula is C73H116O14. The first-order valence-corrected chi connectivity index (χ1v) is 30.4. The number of aromatic hydroxyl groups is 4. The van der Waals surface area contributed by atoms with Crippen LogP contribution in [0.2, 0.25) is 0 Å². The Kier molecular flexibility index (Phi) is 29.2. The van der Waals surface area contributed by atoms with E-state index < -0.39 is 23.9 Å². The molecule has 4 rings (SSSR count). The van der Waals surface area contributed by atoms with Crippen molar-refractivity contribution in [3.05, 3.63) is 115 Å². The van der Waals surface area contributed by atoms with E-state index in [2.05, 4.69) is 166 Å². The number of phenolic OH excluding ortho intramolecular Hbond substituents is 4. The third-order valence-electron chi connectivity index (χ3n) is 14.5. The Morgan fingerprint density at radius 1 is 0.264 bits per heavy atom. The molecule has 0 spiro atoms. The van der Waals surface area contributed by atoms with Gasteiger partial charge in [0, 0.05) is 31.1 Å². The third kappa shape index (κ3) is 27.9. The molecule has 0 saturated carbocycles. The van der Waals surface area contributed by atoms with Crippen LogP contribution in [0.1, 0.15) is 272 Å². The van der Waals surface area contributed by atoms with Gasteiger partial charge in [0.25, 0.3) is 0 Å². The minimum atomic E-state index is -0.798. The van der Waals surface area contributed by atoms with E-state index in [0.717, 1.165) is 66.8 Å². The molecule has 87 heavy (non-hydrogen) atoms. The number of aryl methyl sites for hydroxylation is 4. The summed E-state index contributed by atoms with van der Waals surface area (Å²) in [6, 6.07) is 15.5. The summed E-state index contributed by atoms with van der Waals surface area (Å²) < 4.78 is 0. The molecule has 0 aliphatic carbocycles. The van der Waals surface area contributed by atoms with Gasteiger partial charge < -0.3 is 51.1 Å². The summed E-state index contributed by atoms with van der Waals surface area (Å²) in [5.74, 6) is -1.85. The largest absolute Gasteiger partial charge is 0.507 e. The van der Waals surface area contributed by atoms with Crippen molar-refractivity contribution in [1.29, 1.82) is 0 Å². The number of aliphatic hydroxyl groups excluding tert-OH is 2. The fourth-order valence-corrected chi connectivity index (χ4v) is 8.98. The van der Waals surface area contributed by atoms with Gasteiger partial charge in [-0.2, -0.15) is 0 Å². The lowest BCUT2D eigenvalue weighted by Gasteiger charge is -2.28. The van der Waals surface area contributed by atoms with Crippen LogP contribution in [0, 0.1) is 5.41 Å². The molecule has 0 heterocycles. The average molecular weight is 1220 g/mol. The summed E-state index contributed by atoms with van der Waals surface area (Å²) >= 11 is 0. The van der Waals surface area contributed by atoms with Gasteiger partial charge in [-0.05, 0) is 136 Å². The SMILES string of the molecule is CC(C)(C)c1cc(CCC(=O)O)cc(C(C)(C)C)c1O.CC(C)(C)c1cc(CCC(=O)O)cc(C(C)(C)C)c1O.CC(C)(C)c1cc(CCC(=O)O)cc(C(C)(C)C)c1O.CC(C)(C)c1cc(CCC(=O)O)cc(C(C)(C)C)c1O.CC(C)(CO)CO. The molecule has 492 valence electrons. The highest BCUT2D eigenvalue weighted by Gasteiger charge is 2.31. The maximum Gasteiger partial charge on any atom is 0.303 e. The highest BCUT2D eigenvalue weighted by atomic mass is 16.4. The van der Waals surface area contributed by atoms with Crippen LogP contribution in [-0.4, -0.2) is 88.2 Å². The number of phenols is 4. The van der Waals surface area contributed by atoms with Gasteiger partial charge in [-0.3, -0.25) is 19.2 Å². The Hall–Kier alpha value is -6.12. The Bertz CT molecular complexity index is 2390. The molecule has 14 heteroatoms. The number of carboxylic acids is 4. The summed E-state index contributed by atoms with van der Waals surface area (Å²) in [5, 5.41) is 94.4. The number of carbonyl (C=O) groups is 4. The predicted octanol–water partition coefficient (Wildman–Crippen LogP) is 16.0. The number of aliphatic hydroxyl groups is 2. The highest BCUT2D eigenvalue weighted by molar-refractivity contribution is 5.69. The van der Waals surface area contributed by atoms with E-state index in [0.29, 0.717) is 48.7 Å². The summed E-state index contributed by atoms with van der Waals surface area (Å²) in [6.07, 6.45) is 2.39. The minimum Gasteiger partial charge on any atom is -0.507 e. The van der Waals surface area contributed by atoms with Crippen LogP contribution >= 0.6 is 0 Å². The maximum atomic E-state index is 10.8. The van der Waals surface area contributed by atoms with Gasteiger partial charge in [0.2, 0.25) is 0 Å². The standard InChI is InChI=1S/4C17H26O3.C5H12O2/c4*1-16(2,3)12-9-11(7-8-14(18)19)10-13(15(12)20)17(4,5)6;1-5(2,3-6)4-7/h4*9-10,20H,7-8H2,1-6H3,(H,18,19);6-7H,3-4H2,1-2H3. The smallest absolute Gasteiger partial charge is 0.303 e. The molecule has 0 aliphatic heterocycles. The first-order valence-electron chi connectivity index (χ1n) is 30.4. The number of carboxylic acid groups (broad SMARTS) is 4. The van der Waals surface area contributed by atoms with Crippen LogP contribution < -0.4 is 0 Å². The molecule has 0 atom stereocenters. The van der Waals surface area contributed by atoms with Crippen molar-refractivity contribution in [2.24, 2.45) is 5.41 Å². The number of hydrogen-bond acceptors (Lipinski definition) is 10. The lowest BCUT2D eigenvalue weighted by atomic mass is 9.78. The van der Waals surface area contributed by atoms with Gasteiger partial charge in [-0.15, -0.1) is 0 Å². The summed E-state index contributed by atoms with van der Waals surface area (Å²) in [4.78, 5) is 43.0. The molecular weight excluding hydrogens is 1100 g/mol. The van der Waals surface area contributed by atoms with Gasteiger partial charge in [0.1, 0.15) is 23.0 Å². The summed E-state index contributed by atoms with van der Waals surface area (Å²) in [6.45, 7) is 52.9. The fraction of sp³-hybridized carbons (Fsp3) is 0.616. The number of hydrogen-bond donors (Lipinski definition) is 10. The average Bonchev–Trinajstić information content (AvgIpc) is 1.40. The van der Waals surface area contributed by atoms with E-state index in [9.17, 15) is 39.6 Å². The molecule has 4 aromatic carbocycles. The fourth-order valence-electron chi connectivity index (χ4n) is 8.98. The molecule has 0 fully saturated rings. The highest BCUT2D eigenvalue weighted by Crippen LogP contribution is 2.44. The van der Waals surface area contributed by atoms with Crippen molar-refractivity contribution in [3.8, 4) is 23.0 Å². The lowest BCUT2D eigenvalue weighted by molar-refractivity contribution is -0.138. The first-order chi connectivity index (χ1) is 38.8. The molecule has 10 N–H and O–H groups in total. The Labute approximate surface area is 523 Å².